The van der Waals surface area contributed by atoms with Crippen LogP contribution in [0.25, 0.3) is 0 Å². The van der Waals surface area contributed by atoms with Crippen LogP contribution in [0.2, 0.25) is 0 Å². The Bertz CT molecular complexity index is 283. The minimum atomic E-state index is 0.282. The first-order valence-electron chi connectivity index (χ1n) is 4.56. The van der Waals surface area contributed by atoms with Crippen molar-refractivity contribution in [1.82, 2.24) is 4.98 Å². The first kappa shape index (κ1) is 9.28. The summed E-state index contributed by atoms with van der Waals surface area (Å²) in [7, 11) is 0. The van der Waals surface area contributed by atoms with Gasteiger partial charge in [-0.25, -0.2) is 4.98 Å². The number of aromatic nitrogens is 1. The predicted octanol–water partition coefficient (Wildman–Crippen LogP) is 2.88. The molecule has 0 amide bonds. The summed E-state index contributed by atoms with van der Waals surface area (Å²) in [6.45, 7) is 2.85. The SMILES string of the molecule is Cc1csc(NCC(Cl)C2CC2)n1. The topological polar surface area (TPSA) is 24.9 Å². The Morgan fingerprint density at radius 2 is 2.54 bits per heavy atom. The number of aryl methyl sites for hydroxylation is 1. The molecule has 4 heteroatoms. The van der Waals surface area contributed by atoms with Crippen LogP contribution in [-0.4, -0.2) is 16.9 Å². The lowest BCUT2D eigenvalue weighted by atomic mass is 10.3. The summed E-state index contributed by atoms with van der Waals surface area (Å²) in [5, 5.41) is 6.58. The molecular formula is C9H13ClN2S. The third kappa shape index (κ3) is 2.58. The number of halogens is 1. The van der Waals surface area contributed by atoms with E-state index in [4.69, 9.17) is 11.6 Å². The van der Waals surface area contributed by atoms with Gasteiger partial charge in [0.2, 0.25) is 0 Å². The minimum absolute atomic E-state index is 0.282. The molecule has 0 radical (unpaired) electrons. The fraction of sp³-hybridized carbons (Fsp3) is 0.667. The van der Waals surface area contributed by atoms with Crippen LogP contribution in [0.1, 0.15) is 18.5 Å². The van der Waals surface area contributed by atoms with Crippen LogP contribution in [-0.2, 0) is 0 Å². The first-order chi connectivity index (χ1) is 6.25. The molecule has 2 rings (SSSR count). The molecule has 1 aromatic rings. The van der Waals surface area contributed by atoms with Gasteiger partial charge in [0, 0.05) is 11.9 Å². The van der Waals surface area contributed by atoms with Crippen molar-refractivity contribution in [3.63, 3.8) is 0 Å². The van der Waals surface area contributed by atoms with Gasteiger partial charge in [-0.15, -0.1) is 22.9 Å². The molecule has 1 aliphatic carbocycles. The largest absolute Gasteiger partial charge is 0.360 e. The monoisotopic (exact) mass is 216 g/mol. The summed E-state index contributed by atoms with van der Waals surface area (Å²) in [5.74, 6) is 0.746. The van der Waals surface area contributed by atoms with E-state index in [1.54, 1.807) is 11.3 Å². The quantitative estimate of drug-likeness (QED) is 0.783. The van der Waals surface area contributed by atoms with E-state index in [1.807, 2.05) is 12.3 Å². The van der Waals surface area contributed by atoms with Crippen molar-refractivity contribution in [3.05, 3.63) is 11.1 Å². The highest BCUT2D eigenvalue weighted by Crippen LogP contribution is 2.35. The Hall–Kier alpha value is -0.280. The summed E-state index contributed by atoms with van der Waals surface area (Å²) < 4.78 is 0. The van der Waals surface area contributed by atoms with Crippen LogP contribution in [0.15, 0.2) is 5.38 Å². The number of rotatable bonds is 4. The highest BCUT2D eigenvalue weighted by molar-refractivity contribution is 7.13. The molecule has 0 aromatic carbocycles. The second-order valence-corrected chi connectivity index (χ2v) is 4.95. The number of nitrogens with zero attached hydrogens (tertiary/aromatic N) is 1. The van der Waals surface area contributed by atoms with Crippen LogP contribution in [0, 0.1) is 12.8 Å². The van der Waals surface area contributed by atoms with E-state index in [1.165, 1.54) is 12.8 Å². The minimum Gasteiger partial charge on any atom is -0.360 e. The lowest BCUT2D eigenvalue weighted by Gasteiger charge is -2.07. The lowest BCUT2D eigenvalue weighted by molar-refractivity contribution is 0.770. The molecule has 1 saturated carbocycles. The molecule has 72 valence electrons. The van der Waals surface area contributed by atoms with Gasteiger partial charge >= 0.3 is 0 Å². The number of alkyl halides is 1. The van der Waals surface area contributed by atoms with Crippen molar-refractivity contribution in [2.24, 2.45) is 5.92 Å². The number of nitrogens with one attached hydrogen (secondary N) is 1. The first-order valence-corrected chi connectivity index (χ1v) is 5.87. The van der Waals surface area contributed by atoms with Crippen molar-refractivity contribution in [3.8, 4) is 0 Å². The molecule has 1 heterocycles. The third-order valence-corrected chi connectivity index (χ3v) is 3.63. The molecule has 1 unspecified atom stereocenters. The molecule has 0 bridgehead atoms. The van der Waals surface area contributed by atoms with Crippen molar-refractivity contribution < 1.29 is 0 Å². The maximum absolute atomic E-state index is 6.15. The maximum atomic E-state index is 6.15. The maximum Gasteiger partial charge on any atom is 0.182 e. The standard InChI is InChI=1S/C9H13ClN2S/c1-6-5-13-9(12-6)11-4-8(10)7-2-3-7/h5,7-8H,2-4H2,1H3,(H,11,12). The number of thiazole rings is 1. The summed E-state index contributed by atoms with van der Waals surface area (Å²) >= 11 is 7.79. The summed E-state index contributed by atoms with van der Waals surface area (Å²) in [6.07, 6.45) is 2.60. The average Bonchev–Trinajstić information content (AvgIpc) is 2.87. The Labute approximate surface area is 87.3 Å². The van der Waals surface area contributed by atoms with Crippen molar-refractivity contribution >= 4 is 28.1 Å². The number of anilines is 1. The predicted molar refractivity (Wildman–Crippen MR) is 57.7 cm³/mol. The Balaban J connectivity index is 1.78. The van der Waals surface area contributed by atoms with Gasteiger partial charge in [0.25, 0.3) is 0 Å². The van der Waals surface area contributed by atoms with Gasteiger partial charge in [-0.2, -0.15) is 0 Å². The van der Waals surface area contributed by atoms with Gasteiger partial charge in [-0.1, -0.05) is 0 Å². The van der Waals surface area contributed by atoms with Gasteiger partial charge in [-0.3, -0.25) is 0 Å². The van der Waals surface area contributed by atoms with E-state index in [0.29, 0.717) is 0 Å². The molecule has 0 spiro atoms. The molecule has 13 heavy (non-hydrogen) atoms. The van der Waals surface area contributed by atoms with Crippen LogP contribution in [0.5, 0.6) is 0 Å². The van der Waals surface area contributed by atoms with Crippen molar-refractivity contribution in [2.75, 3.05) is 11.9 Å². The van der Waals surface area contributed by atoms with Crippen LogP contribution in [0.4, 0.5) is 5.13 Å². The normalized spacial score (nSPS) is 18.6. The number of hydrogen-bond donors (Lipinski definition) is 1. The molecule has 1 aromatic heterocycles. The molecule has 2 nitrogen and oxygen atoms in total. The molecule has 1 fully saturated rings. The summed E-state index contributed by atoms with van der Waals surface area (Å²) in [5.41, 5.74) is 1.07. The molecule has 0 aliphatic heterocycles. The second-order valence-electron chi connectivity index (χ2n) is 3.53. The van der Waals surface area contributed by atoms with E-state index in [0.717, 1.165) is 23.3 Å². The fourth-order valence-corrected chi connectivity index (χ4v) is 2.27. The van der Waals surface area contributed by atoms with Crippen molar-refractivity contribution in [1.29, 1.82) is 0 Å². The van der Waals surface area contributed by atoms with Crippen LogP contribution >= 0.6 is 22.9 Å². The zero-order chi connectivity index (χ0) is 9.26. The zero-order valence-electron chi connectivity index (χ0n) is 7.59. The summed E-state index contributed by atoms with van der Waals surface area (Å²) in [6, 6.07) is 0. The molecule has 1 aliphatic rings. The molecular weight excluding hydrogens is 204 g/mol. The fourth-order valence-electron chi connectivity index (χ4n) is 1.24. The van der Waals surface area contributed by atoms with Crippen molar-refractivity contribution in [2.45, 2.75) is 25.1 Å². The highest BCUT2D eigenvalue weighted by Gasteiger charge is 2.29. The Kier molecular flexibility index (Phi) is 2.74. The van der Waals surface area contributed by atoms with E-state index >= 15 is 0 Å². The van der Waals surface area contributed by atoms with Gasteiger partial charge < -0.3 is 5.32 Å². The molecule has 1 N–H and O–H groups in total. The number of hydrogen-bond acceptors (Lipinski definition) is 3. The molecule has 0 saturated heterocycles. The summed E-state index contributed by atoms with van der Waals surface area (Å²) in [4.78, 5) is 4.31. The van der Waals surface area contributed by atoms with Gasteiger partial charge in [0.05, 0.1) is 11.1 Å². The van der Waals surface area contributed by atoms with E-state index < -0.39 is 0 Å². The molecule has 1 atom stereocenters. The zero-order valence-corrected chi connectivity index (χ0v) is 9.16. The Morgan fingerprint density at radius 3 is 3.08 bits per heavy atom. The Morgan fingerprint density at radius 1 is 1.77 bits per heavy atom. The smallest absolute Gasteiger partial charge is 0.182 e. The van der Waals surface area contributed by atoms with E-state index in [-0.39, 0.29) is 5.38 Å². The van der Waals surface area contributed by atoms with Crippen LogP contribution < -0.4 is 5.32 Å². The lowest BCUT2D eigenvalue weighted by Crippen LogP contribution is -2.15. The van der Waals surface area contributed by atoms with Crippen LogP contribution in [0.3, 0.4) is 0 Å². The highest BCUT2D eigenvalue weighted by atomic mass is 35.5. The van der Waals surface area contributed by atoms with Gasteiger partial charge in [-0.05, 0) is 25.7 Å². The third-order valence-electron chi connectivity index (χ3n) is 2.20. The average molecular weight is 217 g/mol. The second kappa shape index (κ2) is 3.84. The van der Waals surface area contributed by atoms with Gasteiger partial charge in [0.15, 0.2) is 5.13 Å². The van der Waals surface area contributed by atoms with E-state index in [9.17, 15) is 0 Å². The van der Waals surface area contributed by atoms with Gasteiger partial charge in [0.1, 0.15) is 0 Å². The van der Waals surface area contributed by atoms with E-state index in [2.05, 4.69) is 10.3 Å².